The molecule has 134 valence electrons. The molecular weight excluding hydrogens is 333 g/mol. The Kier molecular flexibility index (Phi) is 8.15. The third kappa shape index (κ3) is 5.46. The van der Waals surface area contributed by atoms with Gasteiger partial charge < -0.3 is 15.1 Å². The van der Waals surface area contributed by atoms with Crippen molar-refractivity contribution in [2.24, 2.45) is 0 Å². The number of halogens is 2. The van der Waals surface area contributed by atoms with Crippen molar-refractivity contribution in [3.05, 3.63) is 35.6 Å². The van der Waals surface area contributed by atoms with Gasteiger partial charge in [0.25, 0.3) is 0 Å². The number of nitrogens with one attached hydrogen (secondary N) is 1. The van der Waals surface area contributed by atoms with Crippen molar-refractivity contribution in [2.45, 2.75) is 25.3 Å². The highest BCUT2D eigenvalue weighted by Gasteiger charge is 2.27. The molecule has 2 rings (SSSR count). The van der Waals surface area contributed by atoms with E-state index in [0.717, 1.165) is 12.1 Å². The molecular formula is C17H25ClFN3O2. The Bertz CT molecular complexity index is 569. The number of nitrogens with zero attached hydrogens (tertiary/aromatic N) is 2. The van der Waals surface area contributed by atoms with E-state index in [9.17, 15) is 14.0 Å². The molecule has 1 unspecified atom stereocenters. The molecule has 1 saturated heterocycles. The number of carbonyl (C=O) groups excluding carboxylic acids is 2. The monoisotopic (exact) mass is 357 g/mol. The topological polar surface area (TPSA) is 52.7 Å². The van der Waals surface area contributed by atoms with Gasteiger partial charge in [0.1, 0.15) is 5.82 Å². The number of amides is 2. The molecule has 1 aromatic carbocycles. The van der Waals surface area contributed by atoms with E-state index in [1.807, 2.05) is 6.07 Å². The SMILES string of the molecule is CN(C)C(=O)CCCC(=O)N1CCNCC1c1cccc(F)c1.Cl. The fourth-order valence-electron chi connectivity index (χ4n) is 2.77. The molecule has 1 N–H and O–H groups in total. The van der Waals surface area contributed by atoms with Gasteiger partial charge in [-0.3, -0.25) is 9.59 Å². The van der Waals surface area contributed by atoms with Crippen LogP contribution in [0.5, 0.6) is 0 Å². The van der Waals surface area contributed by atoms with E-state index in [4.69, 9.17) is 0 Å². The Hall–Kier alpha value is -1.66. The van der Waals surface area contributed by atoms with Crippen molar-refractivity contribution in [1.29, 1.82) is 0 Å². The van der Waals surface area contributed by atoms with Crippen LogP contribution in [0.2, 0.25) is 0 Å². The van der Waals surface area contributed by atoms with Crippen LogP contribution >= 0.6 is 12.4 Å². The van der Waals surface area contributed by atoms with Crippen molar-refractivity contribution < 1.29 is 14.0 Å². The summed E-state index contributed by atoms with van der Waals surface area (Å²) in [5.74, 6) is -0.246. The largest absolute Gasteiger partial charge is 0.349 e. The summed E-state index contributed by atoms with van der Waals surface area (Å²) in [5.41, 5.74) is 0.801. The number of hydrogen-bond acceptors (Lipinski definition) is 3. The van der Waals surface area contributed by atoms with Gasteiger partial charge in [0.05, 0.1) is 6.04 Å². The smallest absolute Gasteiger partial charge is 0.223 e. The lowest BCUT2D eigenvalue weighted by molar-refractivity contribution is -0.135. The number of carbonyl (C=O) groups is 2. The van der Waals surface area contributed by atoms with E-state index in [-0.39, 0.29) is 36.1 Å². The van der Waals surface area contributed by atoms with Crippen LogP contribution in [0.25, 0.3) is 0 Å². The lowest BCUT2D eigenvalue weighted by Gasteiger charge is -2.36. The summed E-state index contributed by atoms with van der Waals surface area (Å²) in [6, 6.07) is 6.23. The van der Waals surface area contributed by atoms with Gasteiger partial charge >= 0.3 is 0 Å². The standard InChI is InChI=1S/C17H24FN3O2.ClH/c1-20(2)16(22)7-4-8-17(23)21-10-9-19-12-15(21)13-5-3-6-14(18)11-13;/h3,5-6,11,15,19H,4,7-10,12H2,1-2H3;1H. The summed E-state index contributed by atoms with van der Waals surface area (Å²) < 4.78 is 13.5. The highest BCUT2D eigenvalue weighted by atomic mass is 35.5. The van der Waals surface area contributed by atoms with Crippen LogP contribution < -0.4 is 5.32 Å². The first-order valence-corrected chi connectivity index (χ1v) is 7.95. The molecule has 7 heteroatoms. The van der Waals surface area contributed by atoms with Gasteiger partial charge in [0.2, 0.25) is 11.8 Å². The first kappa shape index (κ1) is 20.4. The van der Waals surface area contributed by atoms with Crippen LogP contribution in [0.3, 0.4) is 0 Å². The van der Waals surface area contributed by atoms with Crippen molar-refractivity contribution in [2.75, 3.05) is 33.7 Å². The predicted octanol–water partition coefficient (Wildman–Crippen LogP) is 1.98. The molecule has 1 aliphatic rings. The Morgan fingerprint density at radius 3 is 2.75 bits per heavy atom. The third-order valence-corrected chi connectivity index (χ3v) is 4.08. The quantitative estimate of drug-likeness (QED) is 0.876. The van der Waals surface area contributed by atoms with Gasteiger partial charge in [-0.15, -0.1) is 12.4 Å². The zero-order chi connectivity index (χ0) is 16.8. The third-order valence-electron chi connectivity index (χ3n) is 4.08. The van der Waals surface area contributed by atoms with Crippen molar-refractivity contribution in [3.63, 3.8) is 0 Å². The second-order valence-corrected chi connectivity index (χ2v) is 6.00. The first-order chi connectivity index (χ1) is 11.0. The highest BCUT2D eigenvalue weighted by Crippen LogP contribution is 2.24. The van der Waals surface area contributed by atoms with E-state index in [2.05, 4.69) is 5.32 Å². The van der Waals surface area contributed by atoms with Crippen LogP contribution in [0.15, 0.2) is 24.3 Å². The molecule has 1 aliphatic heterocycles. The summed E-state index contributed by atoms with van der Waals surface area (Å²) in [6.45, 7) is 1.95. The number of benzene rings is 1. The molecule has 0 saturated carbocycles. The number of rotatable bonds is 5. The Morgan fingerprint density at radius 2 is 2.08 bits per heavy atom. The maximum Gasteiger partial charge on any atom is 0.223 e. The Morgan fingerprint density at radius 1 is 1.33 bits per heavy atom. The molecule has 2 amide bonds. The molecule has 0 aromatic heterocycles. The summed E-state index contributed by atoms with van der Waals surface area (Å²) in [4.78, 5) is 27.4. The van der Waals surface area contributed by atoms with Crippen LogP contribution in [-0.4, -0.2) is 55.3 Å². The minimum atomic E-state index is -0.294. The minimum Gasteiger partial charge on any atom is -0.349 e. The maximum absolute atomic E-state index is 13.5. The molecule has 0 aliphatic carbocycles. The minimum absolute atomic E-state index is 0. The number of hydrogen-bond donors (Lipinski definition) is 1. The van der Waals surface area contributed by atoms with Crippen LogP contribution in [0.1, 0.15) is 30.9 Å². The lowest BCUT2D eigenvalue weighted by Crippen LogP contribution is -2.48. The summed E-state index contributed by atoms with van der Waals surface area (Å²) in [6.07, 6.45) is 1.25. The molecule has 0 bridgehead atoms. The van der Waals surface area contributed by atoms with E-state index in [1.54, 1.807) is 25.1 Å². The fourth-order valence-corrected chi connectivity index (χ4v) is 2.77. The molecule has 0 spiro atoms. The van der Waals surface area contributed by atoms with Crippen LogP contribution in [0.4, 0.5) is 4.39 Å². The molecule has 24 heavy (non-hydrogen) atoms. The van der Waals surface area contributed by atoms with Gasteiger partial charge in [0.15, 0.2) is 0 Å². The van der Waals surface area contributed by atoms with Crippen molar-refractivity contribution in [1.82, 2.24) is 15.1 Å². The van der Waals surface area contributed by atoms with Gasteiger partial charge in [-0.2, -0.15) is 0 Å². The predicted molar refractivity (Wildman–Crippen MR) is 93.5 cm³/mol. The van der Waals surface area contributed by atoms with Crippen LogP contribution in [-0.2, 0) is 9.59 Å². The fraction of sp³-hybridized carbons (Fsp3) is 0.529. The molecule has 1 heterocycles. The zero-order valence-electron chi connectivity index (χ0n) is 14.1. The molecule has 1 aromatic rings. The van der Waals surface area contributed by atoms with Crippen molar-refractivity contribution in [3.8, 4) is 0 Å². The highest BCUT2D eigenvalue weighted by molar-refractivity contribution is 5.85. The average Bonchev–Trinajstić information content (AvgIpc) is 2.54. The van der Waals surface area contributed by atoms with Gasteiger partial charge in [-0.25, -0.2) is 4.39 Å². The lowest BCUT2D eigenvalue weighted by atomic mass is 10.0. The van der Waals surface area contributed by atoms with E-state index < -0.39 is 0 Å². The zero-order valence-corrected chi connectivity index (χ0v) is 14.9. The van der Waals surface area contributed by atoms with Crippen molar-refractivity contribution >= 4 is 24.2 Å². The summed E-state index contributed by atoms with van der Waals surface area (Å²) in [5, 5.41) is 3.25. The Labute approximate surface area is 148 Å². The van der Waals surface area contributed by atoms with Gasteiger partial charge in [0, 0.05) is 46.6 Å². The maximum atomic E-state index is 13.5. The molecule has 1 fully saturated rings. The van der Waals surface area contributed by atoms with Gasteiger partial charge in [-0.05, 0) is 24.1 Å². The summed E-state index contributed by atoms with van der Waals surface area (Å²) in [7, 11) is 3.42. The first-order valence-electron chi connectivity index (χ1n) is 7.95. The van der Waals surface area contributed by atoms with E-state index in [0.29, 0.717) is 32.4 Å². The van der Waals surface area contributed by atoms with Crippen LogP contribution in [0, 0.1) is 5.82 Å². The van der Waals surface area contributed by atoms with E-state index in [1.165, 1.54) is 17.0 Å². The second-order valence-electron chi connectivity index (χ2n) is 6.00. The molecule has 1 atom stereocenters. The second kappa shape index (κ2) is 9.59. The molecule has 5 nitrogen and oxygen atoms in total. The van der Waals surface area contributed by atoms with Gasteiger partial charge in [-0.1, -0.05) is 12.1 Å². The average molecular weight is 358 g/mol. The Balaban J connectivity index is 0.00000288. The van der Waals surface area contributed by atoms with E-state index >= 15 is 0 Å². The molecule has 0 radical (unpaired) electrons. The summed E-state index contributed by atoms with van der Waals surface area (Å²) >= 11 is 0. The number of piperazine rings is 1. The normalized spacial score (nSPS) is 17.1.